The van der Waals surface area contributed by atoms with Crippen LogP contribution in [0.4, 0.5) is 32.3 Å². The zero-order valence-electron chi connectivity index (χ0n) is 11.6. The minimum absolute atomic E-state index is 0.0179. The van der Waals surface area contributed by atoms with E-state index in [1.165, 1.54) is 0 Å². The molecule has 0 aromatic rings. The van der Waals surface area contributed by atoms with Crippen molar-refractivity contribution in [1.29, 1.82) is 0 Å². The summed E-state index contributed by atoms with van der Waals surface area (Å²) in [7, 11) is 0. The monoisotopic (exact) mass is 368 g/mol. The molecule has 0 aromatic heterocycles. The Labute approximate surface area is 129 Å². The van der Waals surface area contributed by atoms with Gasteiger partial charge in [0.1, 0.15) is 13.2 Å². The van der Waals surface area contributed by atoms with Gasteiger partial charge >= 0.3 is 36.6 Å². The SMILES string of the molecule is CC(F)(OC(=O)O)C(F)(F)OC(=O)O.O=C(O)OCCOC(=O)O. The molecule has 4 N–H and O–H groups in total. The van der Waals surface area contributed by atoms with E-state index in [4.69, 9.17) is 20.4 Å². The summed E-state index contributed by atoms with van der Waals surface area (Å²) in [5, 5.41) is 31.3. The van der Waals surface area contributed by atoms with Crippen molar-refractivity contribution >= 4 is 24.6 Å². The van der Waals surface area contributed by atoms with E-state index in [1.807, 2.05) is 0 Å². The van der Waals surface area contributed by atoms with Gasteiger partial charge in [0.2, 0.25) is 0 Å². The molecule has 0 bridgehead atoms. The van der Waals surface area contributed by atoms with Gasteiger partial charge in [-0.1, -0.05) is 0 Å². The Balaban J connectivity index is 0. The van der Waals surface area contributed by atoms with Crippen LogP contribution in [0.5, 0.6) is 0 Å². The molecule has 0 aliphatic carbocycles. The van der Waals surface area contributed by atoms with Crippen molar-refractivity contribution in [3.63, 3.8) is 0 Å². The molecule has 0 aliphatic heterocycles. The lowest BCUT2D eigenvalue weighted by atomic mass is 10.3. The lowest BCUT2D eigenvalue weighted by Gasteiger charge is -2.25. The van der Waals surface area contributed by atoms with Crippen LogP contribution in [0.2, 0.25) is 0 Å². The van der Waals surface area contributed by atoms with Crippen molar-refractivity contribution in [2.24, 2.45) is 0 Å². The van der Waals surface area contributed by atoms with Gasteiger partial charge in [0, 0.05) is 6.92 Å². The van der Waals surface area contributed by atoms with Crippen molar-refractivity contribution in [3.05, 3.63) is 0 Å². The molecule has 140 valence electrons. The summed E-state index contributed by atoms with van der Waals surface area (Å²) in [6.07, 6.45) is -12.6. The van der Waals surface area contributed by atoms with Gasteiger partial charge in [0.25, 0.3) is 0 Å². The Kier molecular flexibility index (Phi) is 9.45. The smallest absolute Gasteiger partial charge is 0.450 e. The Bertz CT molecular complexity index is 421. The number of carboxylic acid groups (broad SMARTS) is 4. The number of rotatable bonds is 6. The number of halogens is 3. The third kappa shape index (κ3) is 11.5. The number of hydrogen-bond acceptors (Lipinski definition) is 8. The maximum absolute atomic E-state index is 12.7. The van der Waals surface area contributed by atoms with E-state index in [2.05, 4.69) is 18.9 Å². The van der Waals surface area contributed by atoms with Crippen LogP contribution in [0.25, 0.3) is 0 Å². The lowest BCUT2D eigenvalue weighted by Crippen LogP contribution is -2.48. The third-order valence-electron chi connectivity index (χ3n) is 1.55. The molecule has 0 saturated carbocycles. The number of hydrogen-bond donors (Lipinski definition) is 4. The quantitative estimate of drug-likeness (QED) is 0.304. The lowest BCUT2D eigenvalue weighted by molar-refractivity contribution is -0.345. The van der Waals surface area contributed by atoms with Crippen LogP contribution in [0.1, 0.15) is 6.92 Å². The first-order valence-electron chi connectivity index (χ1n) is 5.33. The minimum atomic E-state index is -4.92. The van der Waals surface area contributed by atoms with Gasteiger partial charge < -0.3 is 39.4 Å². The molecule has 12 nitrogen and oxygen atoms in total. The molecular weight excluding hydrogens is 357 g/mol. The second-order valence-corrected chi connectivity index (χ2v) is 3.40. The highest BCUT2D eigenvalue weighted by atomic mass is 19.3. The molecule has 0 aliphatic rings. The van der Waals surface area contributed by atoms with E-state index in [0.29, 0.717) is 0 Å². The first kappa shape index (κ1) is 23.1. The Morgan fingerprint density at radius 3 is 1.33 bits per heavy atom. The van der Waals surface area contributed by atoms with Crippen LogP contribution in [-0.4, -0.2) is 70.2 Å². The minimum Gasteiger partial charge on any atom is -0.450 e. The summed E-state index contributed by atoms with van der Waals surface area (Å²) < 4.78 is 51.4. The molecule has 0 amide bonds. The summed E-state index contributed by atoms with van der Waals surface area (Å²) >= 11 is 0. The van der Waals surface area contributed by atoms with Crippen molar-refractivity contribution in [2.75, 3.05) is 13.2 Å². The molecular formula is C9H11F3O12. The third-order valence-corrected chi connectivity index (χ3v) is 1.55. The van der Waals surface area contributed by atoms with Crippen LogP contribution in [0.15, 0.2) is 0 Å². The van der Waals surface area contributed by atoms with E-state index < -0.39 is 36.6 Å². The highest BCUT2D eigenvalue weighted by Crippen LogP contribution is 2.34. The molecule has 1 atom stereocenters. The van der Waals surface area contributed by atoms with Crippen molar-refractivity contribution in [2.45, 2.75) is 18.9 Å². The van der Waals surface area contributed by atoms with Crippen molar-refractivity contribution in [3.8, 4) is 0 Å². The first-order chi connectivity index (χ1) is 10.7. The highest BCUT2D eigenvalue weighted by Gasteiger charge is 2.59. The maximum Gasteiger partial charge on any atom is 0.510 e. The molecule has 0 radical (unpaired) electrons. The molecule has 24 heavy (non-hydrogen) atoms. The van der Waals surface area contributed by atoms with Crippen LogP contribution in [-0.2, 0) is 18.9 Å². The summed E-state index contributed by atoms with van der Waals surface area (Å²) in [5.74, 6) is -4.09. The van der Waals surface area contributed by atoms with Gasteiger partial charge in [0.05, 0.1) is 0 Å². The van der Waals surface area contributed by atoms with E-state index in [0.717, 1.165) is 0 Å². The molecule has 0 aromatic carbocycles. The van der Waals surface area contributed by atoms with E-state index in [1.54, 1.807) is 0 Å². The van der Waals surface area contributed by atoms with Gasteiger partial charge in [-0.2, -0.15) is 13.2 Å². The summed E-state index contributed by atoms with van der Waals surface area (Å²) in [6, 6.07) is 0. The van der Waals surface area contributed by atoms with Gasteiger partial charge in [0.15, 0.2) is 0 Å². The van der Waals surface area contributed by atoms with Crippen LogP contribution < -0.4 is 0 Å². The summed E-state index contributed by atoms with van der Waals surface area (Å²) in [5.41, 5.74) is 0. The molecule has 0 spiro atoms. The zero-order chi connectivity index (χ0) is 19.6. The van der Waals surface area contributed by atoms with E-state index >= 15 is 0 Å². The molecule has 1 unspecified atom stereocenters. The standard InChI is InChI=1S/C5H5F3O6.C4H6O6/c1-4(6,13-2(9)10)5(7,8)14-3(11)12;5-3(6)9-1-2-10-4(7)8/h1H3,(H,9,10)(H,11,12);1-2H2,(H,5,6)(H,7,8). The van der Waals surface area contributed by atoms with E-state index in [9.17, 15) is 32.3 Å². The predicted octanol–water partition coefficient (Wildman–Crippen LogP) is 2.03. The van der Waals surface area contributed by atoms with Crippen molar-refractivity contribution < 1.29 is 71.7 Å². The van der Waals surface area contributed by atoms with Gasteiger partial charge in [-0.15, -0.1) is 0 Å². The highest BCUT2D eigenvalue weighted by molar-refractivity contribution is 5.59. The number of carbonyl (C=O) groups is 4. The zero-order valence-corrected chi connectivity index (χ0v) is 11.6. The number of ether oxygens (including phenoxy) is 4. The van der Waals surface area contributed by atoms with Gasteiger partial charge in [-0.3, -0.25) is 0 Å². The molecule has 0 rings (SSSR count). The fourth-order valence-electron chi connectivity index (χ4n) is 0.682. The molecule has 0 fully saturated rings. The maximum atomic E-state index is 12.7. The number of alkyl halides is 3. The molecule has 0 heterocycles. The Morgan fingerprint density at radius 2 is 1.08 bits per heavy atom. The molecule has 0 saturated heterocycles. The second-order valence-electron chi connectivity index (χ2n) is 3.40. The van der Waals surface area contributed by atoms with Crippen LogP contribution >= 0.6 is 0 Å². The first-order valence-corrected chi connectivity index (χ1v) is 5.33. The van der Waals surface area contributed by atoms with Crippen LogP contribution in [0.3, 0.4) is 0 Å². The van der Waals surface area contributed by atoms with E-state index in [-0.39, 0.29) is 20.1 Å². The average molecular weight is 368 g/mol. The Morgan fingerprint density at radius 1 is 0.750 bits per heavy atom. The van der Waals surface area contributed by atoms with Crippen LogP contribution in [0, 0.1) is 0 Å². The van der Waals surface area contributed by atoms with Crippen molar-refractivity contribution in [1.82, 2.24) is 0 Å². The average Bonchev–Trinajstić information content (AvgIpc) is 2.31. The second kappa shape index (κ2) is 9.80. The fourth-order valence-corrected chi connectivity index (χ4v) is 0.682. The summed E-state index contributed by atoms with van der Waals surface area (Å²) in [4.78, 5) is 38.7. The normalized spacial score (nSPS) is 12.5. The topological polar surface area (TPSA) is 186 Å². The predicted molar refractivity (Wildman–Crippen MR) is 60.6 cm³/mol. The fraction of sp³-hybridized carbons (Fsp3) is 0.556. The largest absolute Gasteiger partial charge is 0.510 e. The van der Waals surface area contributed by atoms with Gasteiger partial charge in [-0.25, -0.2) is 19.2 Å². The van der Waals surface area contributed by atoms with Gasteiger partial charge in [-0.05, 0) is 0 Å². The summed E-state index contributed by atoms with van der Waals surface area (Å²) in [6.45, 7) is -0.534. The Hall–Kier alpha value is -3.13. The molecule has 15 heteroatoms.